The van der Waals surface area contributed by atoms with Crippen molar-refractivity contribution in [3.8, 4) is 0 Å². The van der Waals surface area contributed by atoms with Gasteiger partial charge in [-0.1, -0.05) is 0 Å². The van der Waals surface area contributed by atoms with E-state index >= 15 is 0 Å². The number of morpholine rings is 1. The molecule has 4 aliphatic rings. The predicted molar refractivity (Wildman–Crippen MR) is 89.8 cm³/mol. The van der Waals surface area contributed by atoms with Crippen molar-refractivity contribution in [2.75, 3.05) is 32.8 Å². The van der Waals surface area contributed by atoms with E-state index < -0.39 is 0 Å². The van der Waals surface area contributed by atoms with E-state index in [0.717, 1.165) is 18.6 Å². The van der Waals surface area contributed by atoms with Crippen molar-refractivity contribution in [3.05, 3.63) is 0 Å². The van der Waals surface area contributed by atoms with Gasteiger partial charge in [-0.3, -0.25) is 4.90 Å². The van der Waals surface area contributed by atoms with Gasteiger partial charge in [0.05, 0.1) is 12.7 Å². The molecule has 0 radical (unpaired) electrons. The molecule has 0 spiro atoms. The van der Waals surface area contributed by atoms with Crippen molar-refractivity contribution in [1.82, 2.24) is 15.5 Å². The van der Waals surface area contributed by atoms with E-state index in [0.29, 0.717) is 18.2 Å². The van der Waals surface area contributed by atoms with Crippen molar-refractivity contribution in [1.29, 1.82) is 0 Å². The summed E-state index contributed by atoms with van der Waals surface area (Å²) in [5.41, 5.74) is 0. The molecule has 21 heavy (non-hydrogen) atoms. The third-order valence-corrected chi connectivity index (χ3v) is 5.40. The first-order valence-electron chi connectivity index (χ1n) is 8.21. The molecule has 3 aliphatic heterocycles. The van der Waals surface area contributed by atoms with Gasteiger partial charge in [-0.05, 0) is 51.1 Å². The predicted octanol–water partition coefficient (Wildman–Crippen LogP) is 1.42. The Morgan fingerprint density at radius 2 is 1.71 bits per heavy atom. The lowest BCUT2D eigenvalue weighted by molar-refractivity contribution is -0.0581. The van der Waals surface area contributed by atoms with Crippen molar-refractivity contribution in [3.63, 3.8) is 0 Å². The van der Waals surface area contributed by atoms with Gasteiger partial charge in [0.25, 0.3) is 0 Å². The summed E-state index contributed by atoms with van der Waals surface area (Å²) in [5.74, 6) is 0.886. The van der Waals surface area contributed by atoms with Gasteiger partial charge in [0.15, 0.2) is 0 Å². The van der Waals surface area contributed by atoms with Crippen LogP contribution in [-0.2, 0) is 4.74 Å². The molecule has 1 aliphatic carbocycles. The molecule has 3 saturated heterocycles. The Morgan fingerprint density at radius 1 is 0.952 bits per heavy atom. The Hall–Kier alpha value is 0.420. The summed E-state index contributed by atoms with van der Waals surface area (Å²) < 4.78 is 6.07. The molecular weight excluding hydrogens is 309 g/mol. The van der Waals surface area contributed by atoms with E-state index in [-0.39, 0.29) is 24.8 Å². The molecule has 4 nitrogen and oxygen atoms in total. The first kappa shape index (κ1) is 17.8. The van der Waals surface area contributed by atoms with E-state index in [4.69, 9.17) is 4.74 Å². The number of halogens is 2. The number of hydrogen-bond donors (Lipinski definition) is 2. The quantitative estimate of drug-likeness (QED) is 0.816. The standard InChI is InChI=1S/C15H27N3O.2ClH/c1-2-11(1)15-9-18-8-13(7-14(18)10-19-15)17-12-3-5-16-6-4-12;;/h11-17H,1-10H2;2*1H/t13-,14-,15-;;/m0../s1. The summed E-state index contributed by atoms with van der Waals surface area (Å²) in [7, 11) is 0. The minimum Gasteiger partial charge on any atom is -0.375 e. The maximum absolute atomic E-state index is 6.07. The number of rotatable bonds is 3. The lowest BCUT2D eigenvalue weighted by Crippen LogP contribution is -2.47. The number of ether oxygens (including phenoxy) is 1. The molecule has 0 aromatic carbocycles. The molecule has 6 heteroatoms. The summed E-state index contributed by atoms with van der Waals surface area (Å²) in [6, 6.07) is 2.14. The smallest absolute Gasteiger partial charge is 0.0731 e. The summed E-state index contributed by atoms with van der Waals surface area (Å²) in [6.07, 6.45) is 7.24. The van der Waals surface area contributed by atoms with E-state index in [1.54, 1.807) is 0 Å². The molecular formula is C15H29Cl2N3O. The minimum absolute atomic E-state index is 0. The second-order valence-corrected chi connectivity index (χ2v) is 6.94. The van der Waals surface area contributed by atoms with Gasteiger partial charge in [0.2, 0.25) is 0 Å². The SMILES string of the molecule is C1CC(N[C@H]2C[C@H]3CO[C@H](C4CC4)CN3C2)CCN1.Cl.Cl. The zero-order chi connectivity index (χ0) is 12.7. The lowest BCUT2D eigenvalue weighted by atomic mass is 10.0. The highest BCUT2D eigenvalue weighted by molar-refractivity contribution is 5.85. The highest BCUT2D eigenvalue weighted by Gasteiger charge is 2.42. The Labute approximate surface area is 140 Å². The molecule has 0 bridgehead atoms. The Bertz CT molecular complexity index is 324. The third-order valence-electron chi connectivity index (χ3n) is 5.40. The first-order chi connectivity index (χ1) is 9.38. The van der Waals surface area contributed by atoms with Crippen LogP contribution in [0.2, 0.25) is 0 Å². The molecule has 0 aromatic heterocycles. The van der Waals surface area contributed by atoms with Crippen molar-refractivity contribution in [2.45, 2.75) is 56.3 Å². The van der Waals surface area contributed by atoms with Crippen LogP contribution in [0, 0.1) is 5.92 Å². The molecule has 2 N–H and O–H groups in total. The summed E-state index contributed by atoms with van der Waals surface area (Å²) in [4.78, 5) is 2.70. The van der Waals surface area contributed by atoms with Gasteiger partial charge in [0, 0.05) is 31.2 Å². The van der Waals surface area contributed by atoms with Gasteiger partial charge in [-0.15, -0.1) is 24.8 Å². The third kappa shape index (κ3) is 4.24. The van der Waals surface area contributed by atoms with Crippen LogP contribution in [-0.4, -0.2) is 61.9 Å². The number of fused-ring (bicyclic) bond motifs is 1. The zero-order valence-electron chi connectivity index (χ0n) is 12.6. The van der Waals surface area contributed by atoms with Gasteiger partial charge in [-0.25, -0.2) is 0 Å². The number of hydrogen-bond acceptors (Lipinski definition) is 4. The molecule has 1 saturated carbocycles. The van der Waals surface area contributed by atoms with Crippen LogP contribution in [0.4, 0.5) is 0 Å². The van der Waals surface area contributed by atoms with Crippen LogP contribution >= 0.6 is 24.8 Å². The Morgan fingerprint density at radius 3 is 2.43 bits per heavy atom. The van der Waals surface area contributed by atoms with E-state index in [1.165, 1.54) is 58.3 Å². The Balaban J connectivity index is 0.000000807. The summed E-state index contributed by atoms with van der Waals surface area (Å²) >= 11 is 0. The number of piperidine rings is 1. The first-order valence-corrected chi connectivity index (χ1v) is 8.21. The second-order valence-electron chi connectivity index (χ2n) is 6.94. The van der Waals surface area contributed by atoms with Gasteiger partial charge >= 0.3 is 0 Å². The molecule has 3 heterocycles. The fourth-order valence-electron chi connectivity index (χ4n) is 4.10. The zero-order valence-corrected chi connectivity index (χ0v) is 14.3. The molecule has 124 valence electrons. The van der Waals surface area contributed by atoms with Crippen LogP contribution in [0.25, 0.3) is 0 Å². The van der Waals surface area contributed by atoms with E-state index in [2.05, 4.69) is 15.5 Å². The molecule has 4 fully saturated rings. The maximum atomic E-state index is 6.07. The average Bonchev–Trinajstić information content (AvgIpc) is 3.20. The maximum Gasteiger partial charge on any atom is 0.0731 e. The molecule has 3 atom stereocenters. The van der Waals surface area contributed by atoms with Crippen LogP contribution in [0.3, 0.4) is 0 Å². The fraction of sp³-hybridized carbons (Fsp3) is 1.00. The van der Waals surface area contributed by atoms with Gasteiger partial charge < -0.3 is 15.4 Å². The highest BCUT2D eigenvalue weighted by Crippen LogP contribution is 2.37. The summed E-state index contributed by atoms with van der Waals surface area (Å²) in [6.45, 7) is 5.79. The molecule has 4 rings (SSSR count). The normalized spacial score (nSPS) is 37.4. The lowest BCUT2D eigenvalue weighted by Gasteiger charge is -2.35. The fourth-order valence-corrected chi connectivity index (χ4v) is 4.10. The average molecular weight is 338 g/mol. The second kappa shape index (κ2) is 7.80. The molecule has 0 amide bonds. The van der Waals surface area contributed by atoms with Crippen LogP contribution in [0.15, 0.2) is 0 Å². The Kier molecular flexibility index (Phi) is 6.60. The van der Waals surface area contributed by atoms with Crippen molar-refractivity contribution < 1.29 is 4.74 Å². The van der Waals surface area contributed by atoms with Crippen LogP contribution in [0.5, 0.6) is 0 Å². The summed E-state index contributed by atoms with van der Waals surface area (Å²) in [5, 5.41) is 7.34. The highest BCUT2D eigenvalue weighted by atomic mass is 35.5. The number of nitrogens with zero attached hydrogens (tertiary/aromatic N) is 1. The van der Waals surface area contributed by atoms with Crippen molar-refractivity contribution >= 4 is 24.8 Å². The minimum atomic E-state index is 0. The largest absolute Gasteiger partial charge is 0.375 e. The molecule has 0 aromatic rings. The van der Waals surface area contributed by atoms with E-state index in [9.17, 15) is 0 Å². The van der Waals surface area contributed by atoms with Gasteiger partial charge in [0.1, 0.15) is 0 Å². The van der Waals surface area contributed by atoms with Gasteiger partial charge in [-0.2, -0.15) is 0 Å². The van der Waals surface area contributed by atoms with Crippen LogP contribution < -0.4 is 10.6 Å². The monoisotopic (exact) mass is 337 g/mol. The van der Waals surface area contributed by atoms with E-state index in [1.807, 2.05) is 0 Å². The van der Waals surface area contributed by atoms with Crippen LogP contribution in [0.1, 0.15) is 32.1 Å². The van der Waals surface area contributed by atoms with Crippen molar-refractivity contribution in [2.24, 2.45) is 5.92 Å². The number of nitrogens with one attached hydrogen (secondary N) is 2. The topological polar surface area (TPSA) is 36.5 Å². The molecule has 0 unspecified atom stereocenters.